The molecule has 0 aromatic rings. The van der Waals surface area contributed by atoms with Gasteiger partial charge < -0.3 is 4.90 Å². The summed E-state index contributed by atoms with van der Waals surface area (Å²) >= 11 is 0. The Morgan fingerprint density at radius 1 is 1.43 bits per heavy atom. The number of likely N-dealkylation sites (tertiary alicyclic amines) is 1. The molecule has 1 aliphatic rings. The third kappa shape index (κ3) is 2.11. The fraction of sp³-hybridized carbons (Fsp3) is 0.700. The van der Waals surface area contributed by atoms with Crippen LogP contribution in [-0.2, 0) is 4.79 Å². The number of nitrogens with zero attached hydrogens (tertiary/aromatic N) is 1. The maximum absolute atomic E-state index is 12.5. The molecule has 80 valence electrons. The van der Waals surface area contributed by atoms with Crippen molar-refractivity contribution in [3.63, 3.8) is 0 Å². The molecule has 0 aromatic heterocycles. The normalized spacial score (nSPS) is 21.1. The first-order chi connectivity index (χ1) is 6.28. The third-order valence-corrected chi connectivity index (χ3v) is 2.27. The molecule has 2 nitrogen and oxygen atoms in total. The number of rotatable bonds is 2. The van der Waals surface area contributed by atoms with Crippen molar-refractivity contribution in [1.29, 1.82) is 0 Å². The molecule has 1 rings (SSSR count). The molecule has 0 radical (unpaired) electrons. The Labute approximate surface area is 82.6 Å². The van der Waals surface area contributed by atoms with E-state index in [4.69, 9.17) is 0 Å². The minimum Gasteiger partial charge on any atom is -0.330 e. The van der Waals surface area contributed by atoms with Gasteiger partial charge in [-0.15, -0.1) is 0 Å². The Kier molecular flexibility index (Phi) is 2.65. The molecule has 1 fully saturated rings. The number of hydrogen-bond acceptors (Lipinski definition) is 1. The van der Waals surface area contributed by atoms with Crippen LogP contribution in [0.1, 0.15) is 20.8 Å². The smallest absolute Gasteiger partial charge is 0.282 e. The number of carbonyl (C=O) groups is 1. The molecule has 0 bridgehead atoms. The third-order valence-electron chi connectivity index (χ3n) is 2.27. The molecule has 1 amide bonds. The maximum Gasteiger partial charge on any atom is 0.282 e. The summed E-state index contributed by atoms with van der Waals surface area (Å²) in [7, 11) is 0. The topological polar surface area (TPSA) is 20.3 Å². The van der Waals surface area contributed by atoms with Crippen molar-refractivity contribution in [1.82, 2.24) is 4.90 Å². The highest BCUT2D eigenvalue weighted by Crippen LogP contribution is 2.31. The van der Waals surface area contributed by atoms with Gasteiger partial charge in [-0.25, -0.2) is 8.78 Å². The number of hydrogen-bond donors (Lipinski definition) is 0. The lowest BCUT2D eigenvalue weighted by molar-refractivity contribution is -0.171. The average Bonchev–Trinajstić information content (AvgIpc) is 1.98. The Morgan fingerprint density at radius 2 is 1.93 bits per heavy atom. The first-order valence-corrected chi connectivity index (χ1v) is 4.59. The molecule has 4 heteroatoms. The molecule has 0 saturated carbocycles. The van der Waals surface area contributed by atoms with Crippen LogP contribution in [0, 0.1) is 5.41 Å². The number of carbonyl (C=O) groups excluding carboxylic acids is 1. The van der Waals surface area contributed by atoms with Gasteiger partial charge in [-0.05, 0) is 20.8 Å². The summed E-state index contributed by atoms with van der Waals surface area (Å²) in [6, 6.07) is 0. The van der Waals surface area contributed by atoms with Gasteiger partial charge >= 0.3 is 0 Å². The Morgan fingerprint density at radius 3 is 2.29 bits per heavy atom. The van der Waals surface area contributed by atoms with Crippen LogP contribution in [0.5, 0.6) is 0 Å². The zero-order valence-corrected chi connectivity index (χ0v) is 8.68. The predicted octanol–water partition coefficient (Wildman–Crippen LogP) is 2.07. The summed E-state index contributed by atoms with van der Waals surface area (Å²) in [6.07, 6.45) is 3.49. The quantitative estimate of drug-likeness (QED) is 0.629. The second-order valence-corrected chi connectivity index (χ2v) is 4.24. The first kappa shape index (κ1) is 11.1. The Balaban J connectivity index is 2.60. The predicted molar refractivity (Wildman–Crippen MR) is 50.1 cm³/mol. The number of amides is 1. The van der Waals surface area contributed by atoms with Crippen LogP contribution in [0.4, 0.5) is 8.78 Å². The van der Waals surface area contributed by atoms with E-state index in [-0.39, 0.29) is 5.91 Å². The van der Waals surface area contributed by atoms with E-state index in [1.54, 1.807) is 32.9 Å². The lowest BCUT2D eigenvalue weighted by Crippen LogP contribution is -2.60. The lowest BCUT2D eigenvalue weighted by atomic mass is 9.89. The number of alkyl halides is 2. The van der Waals surface area contributed by atoms with Gasteiger partial charge in [0.2, 0.25) is 5.91 Å². The second kappa shape index (κ2) is 3.33. The molecule has 14 heavy (non-hydrogen) atoms. The molecule has 1 aliphatic heterocycles. The SMILES string of the molecule is C/C=C\C(C)(C)C(=O)N1CC(F)(F)C1. The van der Waals surface area contributed by atoms with Gasteiger partial charge in [0.15, 0.2) is 0 Å². The van der Waals surface area contributed by atoms with E-state index in [1.165, 1.54) is 4.90 Å². The average molecular weight is 203 g/mol. The van der Waals surface area contributed by atoms with Crippen LogP contribution in [0.25, 0.3) is 0 Å². The zero-order chi connectivity index (χ0) is 11.0. The molecular formula is C10H15F2NO. The van der Waals surface area contributed by atoms with Crippen molar-refractivity contribution in [2.75, 3.05) is 13.1 Å². The van der Waals surface area contributed by atoms with Crippen molar-refractivity contribution >= 4 is 5.91 Å². The highest BCUT2D eigenvalue weighted by molar-refractivity contribution is 5.84. The van der Waals surface area contributed by atoms with Crippen molar-refractivity contribution in [2.45, 2.75) is 26.7 Å². The second-order valence-electron chi connectivity index (χ2n) is 4.24. The van der Waals surface area contributed by atoms with E-state index in [9.17, 15) is 13.6 Å². The van der Waals surface area contributed by atoms with Crippen LogP contribution in [-0.4, -0.2) is 29.8 Å². The van der Waals surface area contributed by atoms with E-state index in [2.05, 4.69) is 0 Å². The summed E-state index contributed by atoms with van der Waals surface area (Å²) in [4.78, 5) is 12.9. The molecular weight excluding hydrogens is 188 g/mol. The minimum atomic E-state index is -2.68. The number of halogens is 2. The fourth-order valence-electron chi connectivity index (χ4n) is 1.55. The van der Waals surface area contributed by atoms with Crippen LogP contribution >= 0.6 is 0 Å². The van der Waals surface area contributed by atoms with Gasteiger partial charge in [0.25, 0.3) is 5.92 Å². The highest BCUT2D eigenvalue weighted by atomic mass is 19.3. The molecule has 0 spiro atoms. The monoisotopic (exact) mass is 203 g/mol. The summed E-state index contributed by atoms with van der Waals surface area (Å²) in [6.45, 7) is 4.39. The van der Waals surface area contributed by atoms with Crippen LogP contribution in [0.15, 0.2) is 12.2 Å². The van der Waals surface area contributed by atoms with E-state index in [0.717, 1.165) is 0 Å². The van der Waals surface area contributed by atoms with E-state index in [0.29, 0.717) is 0 Å². The lowest BCUT2D eigenvalue weighted by Gasteiger charge is -2.41. The summed E-state index contributed by atoms with van der Waals surface area (Å²) in [5.74, 6) is -2.91. The number of allylic oxidation sites excluding steroid dienone is 1. The minimum absolute atomic E-state index is 0.235. The van der Waals surface area contributed by atoms with Gasteiger partial charge in [0, 0.05) is 0 Å². The first-order valence-electron chi connectivity index (χ1n) is 4.59. The van der Waals surface area contributed by atoms with Gasteiger partial charge in [-0.1, -0.05) is 12.2 Å². The van der Waals surface area contributed by atoms with Gasteiger partial charge in [0.05, 0.1) is 18.5 Å². The molecule has 0 aliphatic carbocycles. The molecule has 1 saturated heterocycles. The fourth-order valence-corrected chi connectivity index (χ4v) is 1.55. The summed E-state index contributed by atoms with van der Waals surface area (Å²) < 4.78 is 25.0. The largest absolute Gasteiger partial charge is 0.330 e. The van der Waals surface area contributed by atoms with E-state index < -0.39 is 24.4 Å². The van der Waals surface area contributed by atoms with Crippen molar-refractivity contribution in [3.8, 4) is 0 Å². The van der Waals surface area contributed by atoms with Gasteiger partial charge in [-0.2, -0.15) is 0 Å². The van der Waals surface area contributed by atoms with Crippen molar-refractivity contribution in [3.05, 3.63) is 12.2 Å². The standard InChI is InChI=1S/C10H15F2NO/c1-4-5-9(2,3)8(14)13-6-10(11,12)7-13/h4-5H,6-7H2,1-3H3/b5-4-. The zero-order valence-electron chi connectivity index (χ0n) is 8.68. The van der Waals surface area contributed by atoms with Crippen molar-refractivity contribution < 1.29 is 13.6 Å². The maximum atomic E-state index is 12.5. The Bertz CT molecular complexity index is 263. The van der Waals surface area contributed by atoms with Crippen LogP contribution in [0.3, 0.4) is 0 Å². The van der Waals surface area contributed by atoms with Gasteiger partial charge in [-0.3, -0.25) is 4.79 Å². The highest BCUT2D eigenvalue weighted by Gasteiger charge is 2.48. The Hall–Kier alpha value is -0.930. The molecule has 0 N–H and O–H groups in total. The molecule has 0 aromatic carbocycles. The molecule has 0 unspecified atom stereocenters. The van der Waals surface area contributed by atoms with Gasteiger partial charge in [0.1, 0.15) is 0 Å². The van der Waals surface area contributed by atoms with E-state index in [1.807, 2.05) is 0 Å². The molecule has 1 heterocycles. The van der Waals surface area contributed by atoms with Crippen LogP contribution in [0.2, 0.25) is 0 Å². The summed E-state index contributed by atoms with van der Waals surface area (Å²) in [5.41, 5.74) is -0.675. The summed E-state index contributed by atoms with van der Waals surface area (Å²) in [5, 5.41) is 0. The van der Waals surface area contributed by atoms with Crippen molar-refractivity contribution in [2.24, 2.45) is 5.41 Å². The molecule has 0 atom stereocenters. The van der Waals surface area contributed by atoms with E-state index >= 15 is 0 Å². The van der Waals surface area contributed by atoms with Crippen LogP contribution < -0.4 is 0 Å².